The monoisotopic (exact) mass is 382 g/mol. The van der Waals surface area contributed by atoms with Gasteiger partial charge in [0.25, 0.3) is 5.91 Å². The number of pyridine rings is 1. The van der Waals surface area contributed by atoms with Gasteiger partial charge in [-0.3, -0.25) is 9.78 Å². The third kappa shape index (κ3) is 4.65. The third-order valence-electron chi connectivity index (χ3n) is 3.74. The van der Waals surface area contributed by atoms with Crippen LogP contribution in [0.2, 0.25) is 0 Å². The van der Waals surface area contributed by atoms with Crippen molar-refractivity contribution in [3.05, 3.63) is 83.7 Å². The summed E-state index contributed by atoms with van der Waals surface area (Å²) in [5, 5.41) is 14.3. The molecule has 0 fully saturated rings. The van der Waals surface area contributed by atoms with Crippen LogP contribution in [0.15, 0.2) is 66.9 Å². The number of carbonyl (C=O) groups excluding carboxylic acids is 1. The number of nitrogens with one attached hydrogen (secondary N) is 2. The van der Waals surface area contributed by atoms with Crippen molar-refractivity contribution in [1.29, 1.82) is 5.26 Å². The van der Waals surface area contributed by atoms with Gasteiger partial charge in [-0.25, -0.2) is 0 Å². The second-order valence-electron chi connectivity index (χ2n) is 5.78. The lowest BCUT2D eigenvalue weighted by atomic mass is 10.2. The zero-order chi connectivity index (χ0) is 20.1. The highest BCUT2D eigenvalue weighted by Crippen LogP contribution is 2.30. The van der Waals surface area contributed by atoms with Gasteiger partial charge in [0, 0.05) is 23.3 Å². The number of anilines is 3. The Kier molecular flexibility index (Phi) is 5.27. The van der Waals surface area contributed by atoms with E-state index in [0.29, 0.717) is 16.9 Å². The van der Waals surface area contributed by atoms with E-state index in [1.807, 2.05) is 6.07 Å². The minimum atomic E-state index is -4.50. The molecule has 3 rings (SSSR count). The van der Waals surface area contributed by atoms with Crippen LogP contribution in [-0.4, -0.2) is 10.9 Å². The number of hydrogen-bond donors (Lipinski definition) is 2. The van der Waals surface area contributed by atoms with E-state index in [0.717, 1.165) is 12.1 Å². The van der Waals surface area contributed by atoms with E-state index in [1.54, 1.807) is 30.3 Å². The van der Waals surface area contributed by atoms with Crippen LogP contribution in [0.4, 0.5) is 30.2 Å². The summed E-state index contributed by atoms with van der Waals surface area (Å²) < 4.78 is 38.4. The molecule has 0 spiro atoms. The average Bonchev–Trinajstić information content (AvgIpc) is 2.68. The van der Waals surface area contributed by atoms with Gasteiger partial charge in [0.15, 0.2) is 0 Å². The van der Waals surface area contributed by atoms with Crippen molar-refractivity contribution in [2.24, 2.45) is 0 Å². The van der Waals surface area contributed by atoms with Crippen molar-refractivity contribution in [2.75, 3.05) is 10.6 Å². The fourth-order valence-corrected chi connectivity index (χ4v) is 2.40. The zero-order valence-electron chi connectivity index (χ0n) is 14.3. The predicted molar refractivity (Wildman–Crippen MR) is 98.1 cm³/mol. The second kappa shape index (κ2) is 7.80. The van der Waals surface area contributed by atoms with Gasteiger partial charge in [-0.2, -0.15) is 18.4 Å². The highest BCUT2D eigenvalue weighted by atomic mass is 19.4. The minimum Gasteiger partial charge on any atom is -0.355 e. The molecule has 2 aromatic carbocycles. The molecule has 0 aliphatic heterocycles. The molecule has 0 aliphatic carbocycles. The Balaban J connectivity index is 1.74. The van der Waals surface area contributed by atoms with Gasteiger partial charge in [0.05, 0.1) is 17.2 Å². The van der Waals surface area contributed by atoms with Gasteiger partial charge in [-0.15, -0.1) is 0 Å². The summed E-state index contributed by atoms with van der Waals surface area (Å²) in [6.45, 7) is 0. The third-order valence-corrected chi connectivity index (χ3v) is 3.74. The van der Waals surface area contributed by atoms with E-state index in [9.17, 15) is 18.0 Å². The maximum atomic E-state index is 12.8. The van der Waals surface area contributed by atoms with Gasteiger partial charge >= 0.3 is 6.18 Å². The Morgan fingerprint density at radius 1 is 0.964 bits per heavy atom. The number of aromatic nitrogens is 1. The normalized spacial score (nSPS) is 10.8. The molecule has 5 nitrogen and oxygen atoms in total. The number of rotatable bonds is 4. The lowest BCUT2D eigenvalue weighted by Gasteiger charge is -2.10. The van der Waals surface area contributed by atoms with Gasteiger partial charge in [0.1, 0.15) is 5.69 Å². The number of amides is 1. The summed E-state index contributed by atoms with van der Waals surface area (Å²) in [4.78, 5) is 16.3. The highest BCUT2D eigenvalue weighted by molar-refractivity contribution is 6.03. The number of halogens is 3. The Morgan fingerprint density at radius 3 is 2.39 bits per heavy atom. The number of alkyl halides is 3. The summed E-state index contributed by atoms with van der Waals surface area (Å²) in [6, 6.07) is 16.2. The molecule has 2 N–H and O–H groups in total. The molecule has 140 valence electrons. The molecule has 0 saturated carbocycles. The molecule has 3 aromatic rings. The quantitative estimate of drug-likeness (QED) is 0.668. The fraction of sp³-hybridized carbons (Fsp3) is 0.0500. The van der Waals surface area contributed by atoms with Crippen LogP contribution in [-0.2, 0) is 6.18 Å². The van der Waals surface area contributed by atoms with Crippen LogP contribution >= 0.6 is 0 Å². The molecule has 1 heterocycles. The smallest absolute Gasteiger partial charge is 0.355 e. The molecule has 0 aliphatic rings. The van der Waals surface area contributed by atoms with Gasteiger partial charge < -0.3 is 10.6 Å². The van der Waals surface area contributed by atoms with Gasteiger partial charge in [-0.1, -0.05) is 6.07 Å². The van der Waals surface area contributed by atoms with Crippen molar-refractivity contribution in [3.8, 4) is 6.07 Å². The van der Waals surface area contributed by atoms with E-state index in [2.05, 4.69) is 15.6 Å². The Hall–Kier alpha value is -3.86. The topological polar surface area (TPSA) is 77.8 Å². The Labute approximate surface area is 158 Å². The van der Waals surface area contributed by atoms with Crippen molar-refractivity contribution < 1.29 is 18.0 Å². The number of nitriles is 1. The van der Waals surface area contributed by atoms with Gasteiger partial charge in [0.2, 0.25) is 0 Å². The Morgan fingerprint density at radius 2 is 1.71 bits per heavy atom. The first kappa shape index (κ1) is 18.9. The minimum absolute atomic E-state index is 0.0204. The zero-order valence-corrected chi connectivity index (χ0v) is 14.3. The van der Waals surface area contributed by atoms with Crippen molar-refractivity contribution in [3.63, 3.8) is 0 Å². The number of carbonyl (C=O) groups is 1. The first-order valence-corrected chi connectivity index (χ1v) is 8.07. The number of nitrogens with zero attached hydrogens (tertiary/aromatic N) is 2. The highest BCUT2D eigenvalue weighted by Gasteiger charge is 2.30. The van der Waals surface area contributed by atoms with Crippen LogP contribution < -0.4 is 10.6 Å². The molecular formula is C20H13F3N4O. The van der Waals surface area contributed by atoms with Crippen LogP contribution in [0.3, 0.4) is 0 Å². The fourth-order valence-electron chi connectivity index (χ4n) is 2.40. The molecule has 28 heavy (non-hydrogen) atoms. The lowest BCUT2D eigenvalue weighted by Crippen LogP contribution is -2.14. The van der Waals surface area contributed by atoms with Crippen LogP contribution in [0, 0.1) is 11.3 Å². The molecule has 8 heteroatoms. The van der Waals surface area contributed by atoms with E-state index in [4.69, 9.17) is 5.26 Å². The van der Waals surface area contributed by atoms with Crippen molar-refractivity contribution in [1.82, 2.24) is 4.98 Å². The summed E-state index contributed by atoms with van der Waals surface area (Å²) in [5.41, 5.74) is 0.988. The molecular weight excluding hydrogens is 369 g/mol. The summed E-state index contributed by atoms with van der Waals surface area (Å²) in [5.74, 6) is -0.636. The first-order chi connectivity index (χ1) is 13.3. The van der Waals surface area contributed by atoms with E-state index in [1.165, 1.54) is 24.4 Å². The average molecular weight is 382 g/mol. The van der Waals surface area contributed by atoms with Crippen molar-refractivity contribution in [2.45, 2.75) is 6.18 Å². The van der Waals surface area contributed by atoms with Gasteiger partial charge in [-0.05, 0) is 54.6 Å². The molecule has 0 unspecified atom stereocenters. The van der Waals surface area contributed by atoms with E-state index >= 15 is 0 Å². The largest absolute Gasteiger partial charge is 0.416 e. The van der Waals surface area contributed by atoms with Crippen LogP contribution in [0.25, 0.3) is 0 Å². The standard InChI is InChI=1S/C20H13F3N4O/c21-20(22,23)14-2-1-3-16(10-14)27-19(28)18-11-17(8-9-25-18)26-15-6-4-13(12-24)5-7-15/h1-11H,(H,25,26)(H,27,28). The second-order valence-corrected chi connectivity index (χ2v) is 5.78. The maximum absolute atomic E-state index is 12.8. The molecule has 0 saturated heterocycles. The molecule has 1 aromatic heterocycles. The summed E-state index contributed by atoms with van der Waals surface area (Å²) in [7, 11) is 0. The van der Waals surface area contributed by atoms with Crippen LogP contribution in [0.5, 0.6) is 0 Å². The van der Waals surface area contributed by atoms with Crippen molar-refractivity contribution >= 4 is 23.0 Å². The SMILES string of the molecule is N#Cc1ccc(Nc2ccnc(C(=O)Nc3cccc(C(F)(F)F)c3)c2)cc1. The van der Waals surface area contributed by atoms with Crippen LogP contribution in [0.1, 0.15) is 21.6 Å². The van der Waals surface area contributed by atoms with E-state index in [-0.39, 0.29) is 11.4 Å². The molecule has 0 bridgehead atoms. The maximum Gasteiger partial charge on any atom is 0.416 e. The molecule has 0 radical (unpaired) electrons. The number of hydrogen-bond acceptors (Lipinski definition) is 4. The lowest BCUT2D eigenvalue weighted by molar-refractivity contribution is -0.137. The summed E-state index contributed by atoms with van der Waals surface area (Å²) >= 11 is 0. The first-order valence-electron chi connectivity index (χ1n) is 8.07. The predicted octanol–water partition coefficient (Wildman–Crippen LogP) is 4.97. The molecule has 1 amide bonds. The molecule has 0 atom stereocenters. The Bertz CT molecular complexity index is 1040. The number of benzene rings is 2. The summed E-state index contributed by atoms with van der Waals surface area (Å²) in [6.07, 6.45) is -3.09. The van der Waals surface area contributed by atoms with E-state index < -0.39 is 17.6 Å².